The third kappa shape index (κ3) is 1.26. The highest BCUT2D eigenvalue weighted by Crippen LogP contribution is 2.29. The van der Waals surface area contributed by atoms with Crippen LogP contribution in [0.15, 0.2) is 28.9 Å². The largest absolute Gasteiger partial charge is 0.353 e. The summed E-state index contributed by atoms with van der Waals surface area (Å²) in [7, 11) is 0. The monoisotopic (exact) mass is 278 g/mol. The van der Waals surface area contributed by atoms with Gasteiger partial charge in [-0.05, 0) is 40.5 Å². The van der Waals surface area contributed by atoms with Gasteiger partial charge in [0, 0.05) is 10.7 Å². The minimum absolute atomic E-state index is 0.235. The van der Waals surface area contributed by atoms with Gasteiger partial charge in [0.2, 0.25) is 0 Å². The average Bonchev–Trinajstić information content (AvgIpc) is 2.63. The number of rotatable bonds is 0. The summed E-state index contributed by atoms with van der Waals surface area (Å²) in [6.45, 7) is 1.95. The number of H-pyrrole nitrogens is 1. The Morgan fingerprint density at radius 3 is 3.00 bits per heavy atom. The zero-order valence-corrected chi connectivity index (χ0v) is 10.1. The lowest BCUT2D eigenvalue weighted by atomic mass is 10.1. The molecule has 0 radical (unpaired) electrons. The Labute approximate surface area is 99.6 Å². The lowest BCUT2D eigenvalue weighted by Gasteiger charge is -1.96. The summed E-state index contributed by atoms with van der Waals surface area (Å²) in [6.07, 6.45) is 1.68. The molecule has 1 N–H and O–H groups in total. The van der Waals surface area contributed by atoms with Crippen LogP contribution in [0, 0.1) is 12.7 Å². The summed E-state index contributed by atoms with van der Waals surface area (Å²) < 4.78 is 14.6. The molecule has 3 rings (SSSR count). The van der Waals surface area contributed by atoms with Crippen LogP contribution in [0.1, 0.15) is 5.56 Å². The lowest BCUT2D eigenvalue weighted by Crippen LogP contribution is -1.81. The summed E-state index contributed by atoms with van der Waals surface area (Å²) >= 11 is 3.35. The number of halogens is 2. The summed E-state index contributed by atoms with van der Waals surface area (Å²) in [5.41, 5.74) is 3.36. The number of pyridine rings is 1. The summed E-state index contributed by atoms with van der Waals surface area (Å²) in [5.74, 6) is -0.235. The number of hydrogen-bond acceptors (Lipinski definition) is 1. The van der Waals surface area contributed by atoms with Crippen molar-refractivity contribution in [3.63, 3.8) is 0 Å². The predicted molar refractivity (Wildman–Crippen MR) is 66.0 cm³/mol. The van der Waals surface area contributed by atoms with Crippen LogP contribution in [0.4, 0.5) is 4.39 Å². The number of hydrogen-bond donors (Lipinski definition) is 1. The van der Waals surface area contributed by atoms with Crippen LogP contribution in [0.25, 0.3) is 21.9 Å². The second kappa shape index (κ2) is 3.28. The SMILES string of the molecule is Cc1ccc(F)c2c1[nH]c1cc(Br)cnc12. The maximum atomic E-state index is 13.8. The standard InChI is InChI=1S/C12H8BrFN2/c1-6-2-3-8(14)10-11(6)16-9-4-7(13)5-15-12(9)10/h2-5,16H,1H3. The number of aromatic nitrogens is 2. The van der Waals surface area contributed by atoms with Crippen LogP contribution in [0.5, 0.6) is 0 Å². The highest BCUT2D eigenvalue weighted by Gasteiger charge is 2.11. The minimum Gasteiger partial charge on any atom is -0.353 e. The Balaban J connectivity index is 2.60. The van der Waals surface area contributed by atoms with Gasteiger partial charge >= 0.3 is 0 Å². The zero-order chi connectivity index (χ0) is 11.3. The Morgan fingerprint density at radius 2 is 2.19 bits per heavy atom. The van der Waals surface area contributed by atoms with Gasteiger partial charge in [-0.2, -0.15) is 0 Å². The van der Waals surface area contributed by atoms with Gasteiger partial charge in [-0.1, -0.05) is 6.07 Å². The molecule has 0 amide bonds. The molecule has 2 heterocycles. The van der Waals surface area contributed by atoms with Gasteiger partial charge in [-0.3, -0.25) is 4.98 Å². The van der Waals surface area contributed by atoms with Crippen molar-refractivity contribution >= 4 is 37.9 Å². The second-order valence-corrected chi connectivity index (χ2v) is 4.70. The Bertz CT molecular complexity index is 703. The van der Waals surface area contributed by atoms with E-state index in [0.717, 1.165) is 21.1 Å². The molecule has 0 spiro atoms. The van der Waals surface area contributed by atoms with Crippen molar-refractivity contribution in [2.75, 3.05) is 0 Å². The summed E-state index contributed by atoms with van der Waals surface area (Å²) in [6, 6.07) is 5.15. The molecule has 0 bridgehead atoms. The van der Waals surface area contributed by atoms with Crippen molar-refractivity contribution in [2.45, 2.75) is 6.92 Å². The Morgan fingerprint density at radius 1 is 1.38 bits per heavy atom. The minimum atomic E-state index is -0.235. The van der Waals surface area contributed by atoms with E-state index in [1.165, 1.54) is 6.07 Å². The molecule has 0 unspecified atom stereocenters. The predicted octanol–water partition coefficient (Wildman–Crippen LogP) is 3.93. The van der Waals surface area contributed by atoms with E-state index in [1.807, 2.05) is 13.0 Å². The van der Waals surface area contributed by atoms with Crippen molar-refractivity contribution < 1.29 is 4.39 Å². The Kier molecular flexibility index (Phi) is 2.01. The average molecular weight is 279 g/mol. The number of benzene rings is 1. The van der Waals surface area contributed by atoms with E-state index in [0.29, 0.717) is 10.9 Å². The van der Waals surface area contributed by atoms with E-state index in [4.69, 9.17) is 0 Å². The van der Waals surface area contributed by atoms with Crippen molar-refractivity contribution in [3.8, 4) is 0 Å². The number of aromatic amines is 1. The van der Waals surface area contributed by atoms with Crippen LogP contribution < -0.4 is 0 Å². The smallest absolute Gasteiger partial charge is 0.134 e. The number of nitrogens with one attached hydrogen (secondary N) is 1. The molecule has 0 saturated heterocycles. The van der Waals surface area contributed by atoms with E-state index >= 15 is 0 Å². The first kappa shape index (κ1) is 9.78. The van der Waals surface area contributed by atoms with Gasteiger partial charge in [0.1, 0.15) is 5.82 Å². The third-order valence-corrected chi connectivity index (χ3v) is 3.15. The van der Waals surface area contributed by atoms with Crippen molar-refractivity contribution in [2.24, 2.45) is 0 Å². The van der Waals surface area contributed by atoms with Crippen LogP contribution >= 0.6 is 15.9 Å². The van der Waals surface area contributed by atoms with E-state index in [1.54, 1.807) is 12.3 Å². The molecule has 1 aromatic carbocycles. The van der Waals surface area contributed by atoms with Crippen LogP contribution in [-0.2, 0) is 0 Å². The van der Waals surface area contributed by atoms with Gasteiger partial charge in [-0.25, -0.2) is 4.39 Å². The first-order chi connectivity index (χ1) is 7.66. The van der Waals surface area contributed by atoms with Crippen LogP contribution in [0.3, 0.4) is 0 Å². The van der Waals surface area contributed by atoms with Gasteiger partial charge in [0.25, 0.3) is 0 Å². The molecule has 0 atom stereocenters. The molecule has 16 heavy (non-hydrogen) atoms. The van der Waals surface area contributed by atoms with E-state index in [-0.39, 0.29) is 5.82 Å². The lowest BCUT2D eigenvalue weighted by molar-refractivity contribution is 0.640. The molecule has 0 aliphatic carbocycles. The topological polar surface area (TPSA) is 28.7 Å². The van der Waals surface area contributed by atoms with Crippen molar-refractivity contribution in [1.82, 2.24) is 9.97 Å². The van der Waals surface area contributed by atoms with Crippen molar-refractivity contribution in [1.29, 1.82) is 0 Å². The first-order valence-corrected chi connectivity index (χ1v) is 5.68. The van der Waals surface area contributed by atoms with E-state index < -0.39 is 0 Å². The van der Waals surface area contributed by atoms with Crippen molar-refractivity contribution in [3.05, 3.63) is 40.2 Å². The molecule has 80 valence electrons. The van der Waals surface area contributed by atoms with E-state index in [2.05, 4.69) is 25.9 Å². The molecule has 4 heteroatoms. The maximum Gasteiger partial charge on any atom is 0.134 e. The van der Waals surface area contributed by atoms with Crippen LogP contribution in [0.2, 0.25) is 0 Å². The molecule has 0 aliphatic heterocycles. The highest BCUT2D eigenvalue weighted by atomic mass is 79.9. The number of nitrogens with zero attached hydrogens (tertiary/aromatic N) is 1. The molecule has 3 aromatic rings. The molecule has 2 aromatic heterocycles. The molecule has 0 fully saturated rings. The fourth-order valence-electron chi connectivity index (χ4n) is 1.94. The van der Waals surface area contributed by atoms with E-state index in [9.17, 15) is 4.39 Å². The Hall–Kier alpha value is -1.42. The fraction of sp³-hybridized carbons (Fsp3) is 0.0833. The maximum absolute atomic E-state index is 13.8. The molecule has 0 saturated carbocycles. The highest BCUT2D eigenvalue weighted by molar-refractivity contribution is 9.10. The van der Waals surface area contributed by atoms with Gasteiger partial charge < -0.3 is 4.98 Å². The fourth-order valence-corrected chi connectivity index (χ4v) is 2.27. The number of aryl methyl sites for hydroxylation is 1. The van der Waals surface area contributed by atoms with Gasteiger partial charge in [-0.15, -0.1) is 0 Å². The number of fused-ring (bicyclic) bond motifs is 3. The molecular formula is C12H8BrFN2. The van der Waals surface area contributed by atoms with Gasteiger partial charge in [0.15, 0.2) is 0 Å². The summed E-state index contributed by atoms with van der Waals surface area (Å²) in [4.78, 5) is 7.45. The van der Waals surface area contributed by atoms with Gasteiger partial charge in [0.05, 0.1) is 21.9 Å². The third-order valence-electron chi connectivity index (χ3n) is 2.71. The molecular weight excluding hydrogens is 271 g/mol. The molecule has 2 nitrogen and oxygen atoms in total. The normalized spacial score (nSPS) is 11.4. The second-order valence-electron chi connectivity index (χ2n) is 3.79. The summed E-state index contributed by atoms with van der Waals surface area (Å²) in [5, 5.41) is 0.572. The first-order valence-electron chi connectivity index (χ1n) is 4.89. The quantitative estimate of drug-likeness (QED) is 0.663. The van der Waals surface area contributed by atoms with Crippen LogP contribution in [-0.4, -0.2) is 9.97 Å². The zero-order valence-electron chi connectivity index (χ0n) is 8.51. The molecule has 0 aliphatic rings.